The van der Waals surface area contributed by atoms with Crippen molar-refractivity contribution in [3.8, 4) is 22.8 Å². The van der Waals surface area contributed by atoms with E-state index in [4.69, 9.17) is 15.6 Å². The number of piperidine rings is 3. The number of aromatic nitrogens is 2. The van der Waals surface area contributed by atoms with E-state index in [0.29, 0.717) is 45.8 Å². The zero-order valence-corrected chi connectivity index (χ0v) is 31.7. The van der Waals surface area contributed by atoms with Crippen LogP contribution >= 0.6 is 0 Å². The predicted molar refractivity (Wildman–Crippen MR) is 212 cm³/mol. The zero-order valence-electron chi connectivity index (χ0n) is 31.7. The van der Waals surface area contributed by atoms with Gasteiger partial charge in [0.1, 0.15) is 34.6 Å². The van der Waals surface area contributed by atoms with E-state index in [9.17, 15) is 24.0 Å². The maximum Gasteiger partial charge on any atom is 0.262 e. The number of hydrogen-bond acceptors (Lipinski definition) is 10. The standard InChI is InChI=1S/C43H46N8O6/c44-39(53)37-38(28-6-9-31(10-7-28)57-30-4-2-1-3-5-30)47-51-34(14-19-45-40(37)51)27-17-20-48(21-18-27)25-26-15-22-49(23-16-26)29-8-11-32-33(24-29)43(56)50(42(32)55)35-12-13-36(52)46-41(35)54/h1-11,24,26-27,34-35,45H,12-23,25H2,(H2,44,53)(H,46,52,54)/t34-,35?/m0/s1. The molecular weight excluding hydrogens is 725 g/mol. The van der Waals surface area contributed by atoms with Crippen molar-refractivity contribution >= 4 is 41.0 Å². The molecule has 14 nitrogen and oxygen atoms in total. The summed E-state index contributed by atoms with van der Waals surface area (Å²) in [7, 11) is 0. The maximum atomic E-state index is 13.4. The fraction of sp³-hybridized carbons (Fsp3) is 0.395. The fourth-order valence-electron chi connectivity index (χ4n) is 9.40. The van der Waals surface area contributed by atoms with Crippen LogP contribution in [0.15, 0.2) is 72.8 Å². The Kier molecular flexibility index (Phi) is 9.73. The Labute approximate surface area is 330 Å². The number of rotatable bonds is 9. The molecule has 5 aliphatic rings. The molecule has 0 bridgehead atoms. The molecule has 9 rings (SSSR count). The highest BCUT2D eigenvalue weighted by Gasteiger charge is 2.45. The zero-order chi connectivity index (χ0) is 39.2. The summed E-state index contributed by atoms with van der Waals surface area (Å²) >= 11 is 0. The number of carbonyl (C=O) groups excluding carboxylic acids is 5. The van der Waals surface area contributed by atoms with Crippen LogP contribution in [-0.2, 0) is 9.59 Å². The predicted octanol–water partition coefficient (Wildman–Crippen LogP) is 4.83. The van der Waals surface area contributed by atoms with Gasteiger partial charge < -0.3 is 25.6 Å². The van der Waals surface area contributed by atoms with E-state index in [-0.39, 0.29) is 18.9 Å². The first-order chi connectivity index (χ1) is 27.7. The van der Waals surface area contributed by atoms with Crippen LogP contribution in [0.1, 0.15) is 82.1 Å². The van der Waals surface area contributed by atoms with E-state index in [1.807, 2.05) is 65.3 Å². The number of nitrogens with two attached hydrogens (primary N) is 1. The van der Waals surface area contributed by atoms with Gasteiger partial charge in [-0.2, -0.15) is 5.10 Å². The lowest BCUT2D eigenvalue weighted by atomic mass is 9.86. The second-order valence-corrected chi connectivity index (χ2v) is 15.8. The van der Waals surface area contributed by atoms with Gasteiger partial charge in [0, 0.05) is 43.9 Å². The molecule has 1 aromatic heterocycles. The summed E-state index contributed by atoms with van der Waals surface area (Å²) in [5.74, 6) is 0.676. The summed E-state index contributed by atoms with van der Waals surface area (Å²) in [5, 5.41) is 10.7. The number of imide groups is 2. The van der Waals surface area contributed by atoms with Gasteiger partial charge in [-0.1, -0.05) is 18.2 Å². The van der Waals surface area contributed by atoms with E-state index in [0.717, 1.165) is 93.3 Å². The SMILES string of the molecule is NC(=O)c1c(-c2ccc(Oc3ccccc3)cc2)nn2c1NCC[C@H]2C1CCN(CC2CCN(c3ccc4c(c3)C(=O)N(C3CCC(=O)NC3=O)C4=O)CC2)CC1. The van der Waals surface area contributed by atoms with Crippen LogP contribution in [0, 0.1) is 11.8 Å². The highest BCUT2D eigenvalue weighted by Crippen LogP contribution is 2.41. The number of amides is 5. The van der Waals surface area contributed by atoms with Crippen LogP contribution in [0.25, 0.3) is 11.3 Å². The average molecular weight is 771 g/mol. The Hall–Kier alpha value is -6.02. The van der Waals surface area contributed by atoms with Crippen molar-refractivity contribution in [2.45, 2.75) is 57.0 Å². The molecule has 3 saturated heterocycles. The Morgan fingerprint density at radius 2 is 1.53 bits per heavy atom. The number of benzene rings is 3. The topological polar surface area (TPSA) is 172 Å². The first-order valence-corrected chi connectivity index (χ1v) is 20.0. The lowest BCUT2D eigenvalue weighted by molar-refractivity contribution is -0.136. The number of nitrogens with zero attached hydrogens (tertiary/aromatic N) is 5. The van der Waals surface area contributed by atoms with Crippen LogP contribution in [0.5, 0.6) is 11.5 Å². The minimum atomic E-state index is -0.972. The van der Waals surface area contributed by atoms with E-state index in [2.05, 4.69) is 20.4 Å². The molecule has 4 N–H and O–H groups in total. The molecule has 0 aliphatic carbocycles. The lowest BCUT2D eigenvalue weighted by Gasteiger charge is -2.41. The molecule has 14 heteroatoms. The van der Waals surface area contributed by atoms with Crippen molar-refractivity contribution in [2.75, 3.05) is 49.5 Å². The highest BCUT2D eigenvalue weighted by molar-refractivity contribution is 6.23. The minimum Gasteiger partial charge on any atom is -0.457 e. The van der Waals surface area contributed by atoms with Gasteiger partial charge >= 0.3 is 0 Å². The van der Waals surface area contributed by atoms with E-state index in [1.165, 1.54) is 0 Å². The number of nitrogens with one attached hydrogen (secondary N) is 2. The largest absolute Gasteiger partial charge is 0.457 e. The van der Waals surface area contributed by atoms with Gasteiger partial charge in [0.05, 0.1) is 17.2 Å². The van der Waals surface area contributed by atoms with E-state index >= 15 is 0 Å². The van der Waals surface area contributed by atoms with Crippen molar-refractivity contribution in [1.82, 2.24) is 24.9 Å². The quantitative estimate of drug-likeness (QED) is 0.200. The van der Waals surface area contributed by atoms with Crippen molar-refractivity contribution in [3.05, 3.63) is 89.5 Å². The fourth-order valence-corrected chi connectivity index (χ4v) is 9.40. The van der Waals surface area contributed by atoms with Crippen molar-refractivity contribution < 1.29 is 28.7 Å². The molecule has 3 fully saturated rings. The number of carbonyl (C=O) groups is 5. The average Bonchev–Trinajstić information content (AvgIpc) is 3.74. The molecule has 5 aliphatic heterocycles. The Morgan fingerprint density at radius 3 is 2.25 bits per heavy atom. The van der Waals surface area contributed by atoms with Gasteiger partial charge in [0.15, 0.2) is 0 Å². The number of fused-ring (bicyclic) bond motifs is 2. The normalized spacial score (nSPS) is 21.9. The Morgan fingerprint density at radius 1 is 0.807 bits per heavy atom. The summed E-state index contributed by atoms with van der Waals surface area (Å²) in [5.41, 5.74) is 9.31. The third-order valence-corrected chi connectivity index (χ3v) is 12.4. The van der Waals surface area contributed by atoms with Crippen LogP contribution in [0.4, 0.5) is 11.5 Å². The molecular formula is C43H46N8O6. The first-order valence-electron chi connectivity index (χ1n) is 20.0. The van der Waals surface area contributed by atoms with Gasteiger partial charge in [-0.3, -0.25) is 34.2 Å². The van der Waals surface area contributed by atoms with Gasteiger partial charge in [-0.15, -0.1) is 0 Å². The third-order valence-electron chi connectivity index (χ3n) is 12.4. The summed E-state index contributed by atoms with van der Waals surface area (Å²) in [4.78, 5) is 69.4. The molecule has 3 aromatic carbocycles. The van der Waals surface area contributed by atoms with Crippen LogP contribution in [-0.4, -0.2) is 94.4 Å². The number of primary amides is 1. The molecule has 57 heavy (non-hydrogen) atoms. The van der Waals surface area contributed by atoms with Gasteiger partial charge in [0.2, 0.25) is 11.8 Å². The van der Waals surface area contributed by atoms with Crippen molar-refractivity contribution in [3.63, 3.8) is 0 Å². The summed E-state index contributed by atoms with van der Waals surface area (Å²) in [6, 6.07) is 21.8. The van der Waals surface area contributed by atoms with Crippen molar-refractivity contribution in [1.29, 1.82) is 0 Å². The summed E-state index contributed by atoms with van der Waals surface area (Å²) in [6.07, 6.45) is 5.30. The van der Waals surface area contributed by atoms with Gasteiger partial charge in [-0.25, -0.2) is 4.68 Å². The lowest BCUT2D eigenvalue weighted by Crippen LogP contribution is -2.54. The molecule has 0 saturated carbocycles. The van der Waals surface area contributed by atoms with Crippen LogP contribution < -0.4 is 26.0 Å². The number of para-hydroxylation sites is 1. The monoisotopic (exact) mass is 770 g/mol. The second-order valence-electron chi connectivity index (χ2n) is 15.8. The minimum absolute atomic E-state index is 0.0930. The summed E-state index contributed by atoms with van der Waals surface area (Å²) in [6.45, 7) is 5.51. The molecule has 6 heterocycles. The van der Waals surface area contributed by atoms with Crippen LogP contribution in [0.3, 0.4) is 0 Å². The second kappa shape index (κ2) is 15.1. The molecule has 5 amide bonds. The smallest absolute Gasteiger partial charge is 0.262 e. The molecule has 2 atom stereocenters. The van der Waals surface area contributed by atoms with E-state index < -0.39 is 35.6 Å². The summed E-state index contributed by atoms with van der Waals surface area (Å²) < 4.78 is 8.00. The Balaban J connectivity index is 0.798. The first kappa shape index (κ1) is 36.6. The van der Waals surface area contributed by atoms with Crippen molar-refractivity contribution in [2.24, 2.45) is 17.6 Å². The number of hydrogen-bond donors (Lipinski definition) is 3. The Bertz CT molecular complexity index is 2220. The maximum absolute atomic E-state index is 13.4. The molecule has 0 radical (unpaired) electrons. The molecule has 4 aromatic rings. The van der Waals surface area contributed by atoms with Crippen LogP contribution in [0.2, 0.25) is 0 Å². The number of ether oxygens (including phenoxy) is 1. The molecule has 1 unspecified atom stereocenters. The number of anilines is 2. The van der Waals surface area contributed by atoms with Gasteiger partial charge in [-0.05, 0) is 118 Å². The van der Waals surface area contributed by atoms with Gasteiger partial charge in [0.25, 0.3) is 17.7 Å². The number of likely N-dealkylation sites (tertiary alicyclic amines) is 1. The van der Waals surface area contributed by atoms with E-state index in [1.54, 1.807) is 12.1 Å². The third kappa shape index (κ3) is 7.02. The highest BCUT2D eigenvalue weighted by atomic mass is 16.5. The molecule has 294 valence electrons. The molecule has 0 spiro atoms.